The number of carbonyl (C=O) groups is 1. The van der Waals surface area contributed by atoms with Gasteiger partial charge in [-0.15, -0.1) is 0 Å². The van der Waals surface area contributed by atoms with Crippen LogP contribution in [0.2, 0.25) is 0 Å². The Morgan fingerprint density at radius 2 is 2.04 bits per heavy atom. The van der Waals surface area contributed by atoms with Gasteiger partial charge in [-0.1, -0.05) is 11.8 Å². The Kier molecular flexibility index (Phi) is 5.44. The largest absolute Gasteiger partial charge is 0.497 e. The van der Waals surface area contributed by atoms with Gasteiger partial charge in [0.1, 0.15) is 18.1 Å². The highest BCUT2D eigenvalue weighted by Crippen LogP contribution is 2.44. The van der Waals surface area contributed by atoms with E-state index in [1.165, 1.54) is 26.0 Å². The maximum absolute atomic E-state index is 12.1. The Morgan fingerprint density at radius 1 is 1.27 bits per heavy atom. The molecular weight excluding hydrogens is 380 g/mol. The van der Waals surface area contributed by atoms with Crippen LogP contribution in [0, 0.1) is 0 Å². The summed E-state index contributed by atoms with van der Waals surface area (Å²) < 4.78 is 39.8. The molecule has 2 heterocycles. The van der Waals surface area contributed by atoms with Crippen LogP contribution in [0.25, 0.3) is 0 Å². The summed E-state index contributed by atoms with van der Waals surface area (Å²) in [6.07, 6.45) is 0. The number of methoxy groups -OCH3 is 3. The molecule has 0 saturated carbocycles. The van der Waals surface area contributed by atoms with E-state index in [0.29, 0.717) is 22.4 Å². The highest BCUT2D eigenvalue weighted by atomic mass is 32.2. The quantitative estimate of drug-likeness (QED) is 0.721. The second-order valence-corrected chi connectivity index (χ2v) is 9.29. The van der Waals surface area contributed by atoms with Crippen molar-refractivity contribution in [1.29, 1.82) is 0 Å². The fourth-order valence-electron chi connectivity index (χ4n) is 3.09. The Bertz CT molecular complexity index is 839. The third kappa shape index (κ3) is 3.67. The van der Waals surface area contributed by atoms with Crippen molar-refractivity contribution in [3.63, 3.8) is 0 Å². The first-order valence-electron chi connectivity index (χ1n) is 7.87. The van der Waals surface area contributed by atoms with Crippen LogP contribution in [0.5, 0.6) is 11.5 Å². The topological polar surface area (TPSA) is 94.5 Å². The smallest absolute Gasteiger partial charge is 0.274 e. The molecule has 1 aromatic rings. The standard InChI is InChI=1S/C16H20N2O6S2/c1-22-7-15(19)17-16-18(12-8-26(20,21)9-14(12)25-16)11-6-10(23-2)4-5-13(11)24-3/h4-6,12,14H,7-9H2,1-3H3. The van der Waals surface area contributed by atoms with E-state index in [2.05, 4.69) is 4.99 Å². The average molecular weight is 400 g/mol. The number of fused-ring (bicyclic) bond motifs is 1. The van der Waals surface area contributed by atoms with E-state index in [4.69, 9.17) is 14.2 Å². The molecule has 1 aromatic carbocycles. The van der Waals surface area contributed by atoms with Gasteiger partial charge in [-0.3, -0.25) is 4.79 Å². The van der Waals surface area contributed by atoms with Gasteiger partial charge in [0.25, 0.3) is 5.91 Å². The number of amidine groups is 1. The van der Waals surface area contributed by atoms with Crippen molar-refractivity contribution in [3.8, 4) is 11.5 Å². The zero-order valence-corrected chi connectivity index (χ0v) is 16.3. The van der Waals surface area contributed by atoms with Gasteiger partial charge in [0.15, 0.2) is 15.0 Å². The third-order valence-electron chi connectivity index (χ3n) is 4.20. The van der Waals surface area contributed by atoms with E-state index in [1.807, 2.05) is 0 Å². The number of nitrogens with zero attached hydrogens (tertiary/aromatic N) is 2. The van der Waals surface area contributed by atoms with E-state index in [9.17, 15) is 13.2 Å². The van der Waals surface area contributed by atoms with Crippen molar-refractivity contribution in [1.82, 2.24) is 0 Å². The normalized spacial score (nSPS) is 25.3. The molecular formula is C16H20N2O6S2. The number of benzene rings is 1. The second-order valence-electron chi connectivity index (χ2n) is 5.93. The first-order valence-corrected chi connectivity index (χ1v) is 10.6. The van der Waals surface area contributed by atoms with E-state index in [-0.39, 0.29) is 29.4 Å². The van der Waals surface area contributed by atoms with Crippen LogP contribution in [-0.4, -0.2) is 70.2 Å². The fraction of sp³-hybridized carbons (Fsp3) is 0.500. The van der Waals surface area contributed by atoms with Gasteiger partial charge < -0.3 is 19.1 Å². The van der Waals surface area contributed by atoms with Crippen LogP contribution in [-0.2, 0) is 19.4 Å². The first kappa shape index (κ1) is 19.0. The Morgan fingerprint density at radius 3 is 2.69 bits per heavy atom. The van der Waals surface area contributed by atoms with Gasteiger partial charge in [0, 0.05) is 18.4 Å². The first-order chi connectivity index (χ1) is 12.4. The number of sulfone groups is 1. The molecule has 2 atom stereocenters. The number of anilines is 1. The molecule has 2 aliphatic rings. The molecule has 10 heteroatoms. The lowest BCUT2D eigenvalue weighted by atomic mass is 10.2. The minimum Gasteiger partial charge on any atom is -0.497 e. The van der Waals surface area contributed by atoms with Gasteiger partial charge in [-0.05, 0) is 12.1 Å². The zero-order chi connectivity index (χ0) is 18.9. The third-order valence-corrected chi connectivity index (χ3v) is 7.41. The average Bonchev–Trinajstić information content (AvgIpc) is 3.05. The lowest BCUT2D eigenvalue weighted by Gasteiger charge is -2.26. The molecule has 1 amide bonds. The van der Waals surface area contributed by atoms with Crippen molar-refractivity contribution >= 4 is 38.4 Å². The highest BCUT2D eigenvalue weighted by Gasteiger charge is 2.50. The monoisotopic (exact) mass is 400 g/mol. The number of hydrogen-bond acceptors (Lipinski definition) is 7. The molecule has 8 nitrogen and oxygen atoms in total. The minimum absolute atomic E-state index is 0.00250. The summed E-state index contributed by atoms with van der Waals surface area (Å²) in [5.74, 6) is 0.774. The summed E-state index contributed by atoms with van der Waals surface area (Å²) in [6.45, 7) is -0.138. The number of amides is 1. The summed E-state index contributed by atoms with van der Waals surface area (Å²) in [7, 11) is 1.36. The van der Waals surface area contributed by atoms with Crippen molar-refractivity contribution in [3.05, 3.63) is 18.2 Å². The highest BCUT2D eigenvalue weighted by molar-refractivity contribution is 8.16. The van der Waals surface area contributed by atoms with Crippen molar-refractivity contribution in [2.24, 2.45) is 4.99 Å². The number of rotatable bonds is 5. The molecule has 0 aromatic heterocycles. The van der Waals surface area contributed by atoms with Crippen LogP contribution in [0.1, 0.15) is 0 Å². The van der Waals surface area contributed by atoms with Crippen molar-refractivity contribution in [2.75, 3.05) is 44.3 Å². The molecule has 0 radical (unpaired) electrons. The Hall–Kier alpha value is -1.78. The molecule has 0 aliphatic carbocycles. The SMILES string of the molecule is COCC(=O)N=C1SC2CS(=O)(=O)CC2N1c1cc(OC)ccc1OC. The molecule has 2 unspecified atom stereocenters. The number of carbonyl (C=O) groups excluding carboxylic acids is 1. The fourth-order valence-corrected chi connectivity index (χ4v) is 7.02. The van der Waals surface area contributed by atoms with Crippen molar-refractivity contribution in [2.45, 2.75) is 11.3 Å². The molecule has 0 spiro atoms. The Balaban J connectivity index is 2.08. The molecule has 142 valence electrons. The second kappa shape index (κ2) is 7.45. The van der Waals surface area contributed by atoms with E-state index in [0.717, 1.165) is 0 Å². The summed E-state index contributed by atoms with van der Waals surface area (Å²) in [5.41, 5.74) is 0.618. The molecule has 0 bridgehead atoms. The maximum Gasteiger partial charge on any atom is 0.274 e. The summed E-state index contributed by atoms with van der Waals surface area (Å²) in [5, 5.41) is 0.258. The van der Waals surface area contributed by atoms with Crippen LogP contribution < -0.4 is 14.4 Å². The molecule has 0 N–H and O–H groups in total. The number of thioether (sulfide) groups is 1. The van der Waals surface area contributed by atoms with Gasteiger partial charge in [-0.25, -0.2) is 8.42 Å². The van der Waals surface area contributed by atoms with Gasteiger partial charge >= 0.3 is 0 Å². The Labute approximate surface area is 156 Å². The van der Waals surface area contributed by atoms with Crippen LogP contribution in [0.15, 0.2) is 23.2 Å². The molecule has 2 aliphatic heterocycles. The molecule has 3 rings (SSSR count). The minimum atomic E-state index is -3.14. The van der Waals surface area contributed by atoms with E-state index >= 15 is 0 Å². The van der Waals surface area contributed by atoms with E-state index in [1.54, 1.807) is 30.2 Å². The zero-order valence-electron chi connectivity index (χ0n) is 14.7. The van der Waals surface area contributed by atoms with Crippen LogP contribution in [0.4, 0.5) is 5.69 Å². The van der Waals surface area contributed by atoms with Gasteiger partial charge in [-0.2, -0.15) is 4.99 Å². The van der Waals surface area contributed by atoms with E-state index < -0.39 is 15.7 Å². The predicted molar refractivity (Wildman–Crippen MR) is 100 cm³/mol. The lowest BCUT2D eigenvalue weighted by Crippen LogP contribution is -2.38. The number of aliphatic imine (C=N–C) groups is 1. The number of hydrogen-bond donors (Lipinski definition) is 0. The number of ether oxygens (including phenoxy) is 3. The van der Waals surface area contributed by atoms with Gasteiger partial charge in [0.2, 0.25) is 0 Å². The molecule has 2 saturated heterocycles. The molecule has 26 heavy (non-hydrogen) atoms. The predicted octanol–water partition coefficient (Wildman–Crippen LogP) is 0.952. The molecule has 2 fully saturated rings. The van der Waals surface area contributed by atoms with Crippen LogP contribution in [0.3, 0.4) is 0 Å². The van der Waals surface area contributed by atoms with Crippen molar-refractivity contribution < 1.29 is 27.4 Å². The van der Waals surface area contributed by atoms with Gasteiger partial charge in [0.05, 0.1) is 37.5 Å². The summed E-state index contributed by atoms with van der Waals surface area (Å²) in [6, 6.07) is 4.93. The summed E-state index contributed by atoms with van der Waals surface area (Å²) >= 11 is 1.30. The maximum atomic E-state index is 12.1. The summed E-state index contributed by atoms with van der Waals surface area (Å²) in [4.78, 5) is 17.9. The van der Waals surface area contributed by atoms with Crippen LogP contribution >= 0.6 is 11.8 Å². The lowest BCUT2D eigenvalue weighted by molar-refractivity contribution is -0.121.